The second-order valence-corrected chi connectivity index (χ2v) is 6.94. The molecule has 0 saturated carbocycles. The molecule has 21 heavy (non-hydrogen) atoms. The molecule has 0 aliphatic carbocycles. The molecule has 1 fully saturated rings. The molecule has 1 aromatic heterocycles. The lowest BCUT2D eigenvalue weighted by Gasteiger charge is -2.40. The van der Waals surface area contributed by atoms with Gasteiger partial charge in [0.05, 0.1) is 5.02 Å². The number of carbonyl (C=O) groups excluding carboxylic acids is 2. The predicted molar refractivity (Wildman–Crippen MR) is 85.0 cm³/mol. The highest BCUT2D eigenvalue weighted by molar-refractivity contribution is 7.21. The number of piperazine rings is 1. The molecule has 3 rings (SSSR count). The normalized spacial score (nSPS) is 17.9. The third kappa shape index (κ3) is 2.21. The van der Waals surface area contributed by atoms with Crippen molar-refractivity contribution in [2.75, 3.05) is 13.1 Å². The van der Waals surface area contributed by atoms with Gasteiger partial charge >= 0.3 is 0 Å². The van der Waals surface area contributed by atoms with E-state index in [-0.39, 0.29) is 11.8 Å². The number of rotatable bonds is 1. The van der Waals surface area contributed by atoms with Gasteiger partial charge in [-0.15, -0.1) is 11.3 Å². The van der Waals surface area contributed by atoms with Crippen LogP contribution in [0.3, 0.4) is 0 Å². The third-order valence-corrected chi connectivity index (χ3v) is 5.49. The smallest absolute Gasteiger partial charge is 0.266 e. The molecule has 110 valence electrons. The first-order chi connectivity index (χ1) is 9.93. The fourth-order valence-electron chi connectivity index (χ4n) is 2.53. The van der Waals surface area contributed by atoms with E-state index in [0.29, 0.717) is 23.0 Å². The summed E-state index contributed by atoms with van der Waals surface area (Å²) in [6.45, 7) is 4.46. The van der Waals surface area contributed by atoms with Gasteiger partial charge in [0.1, 0.15) is 10.4 Å². The summed E-state index contributed by atoms with van der Waals surface area (Å²) in [4.78, 5) is 26.9. The van der Waals surface area contributed by atoms with Crippen molar-refractivity contribution in [3.05, 3.63) is 34.2 Å². The summed E-state index contributed by atoms with van der Waals surface area (Å²) in [5, 5.41) is 4.14. The van der Waals surface area contributed by atoms with Crippen LogP contribution in [-0.2, 0) is 4.79 Å². The van der Waals surface area contributed by atoms with Crippen molar-refractivity contribution in [3.63, 3.8) is 0 Å². The standard InChI is InChI=1S/C15H15ClN2O2S/c1-15(2)14(20)17-7-8-18(15)13(19)12-11(16)9-5-3-4-6-10(9)21-12/h3-6H,7-8H2,1-2H3,(H,17,20). The Morgan fingerprint density at radius 2 is 2.10 bits per heavy atom. The number of hydrogen-bond donors (Lipinski definition) is 1. The Morgan fingerprint density at radius 1 is 1.38 bits per heavy atom. The molecule has 1 N–H and O–H groups in total. The zero-order chi connectivity index (χ0) is 15.2. The van der Waals surface area contributed by atoms with E-state index >= 15 is 0 Å². The zero-order valence-electron chi connectivity index (χ0n) is 11.8. The van der Waals surface area contributed by atoms with Crippen LogP contribution in [-0.4, -0.2) is 35.3 Å². The van der Waals surface area contributed by atoms with Gasteiger partial charge in [-0.25, -0.2) is 0 Å². The quantitative estimate of drug-likeness (QED) is 0.877. The van der Waals surface area contributed by atoms with Crippen molar-refractivity contribution in [3.8, 4) is 0 Å². The first-order valence-corrected chi connectivity index (χ1v) is 7.89. The highest BCUT2D eigenvalue weighted by atomic mass is 35.5. The number of thiophene rings is 1. The summed E-state index contributed by atoms with van der Waals surface area (Å²) in [7, 11) is 0. The summed E-state index contributed by atoms with van der Waals surface area (Å²) in [6, 6.07) is 7.66. The number of nitrogens with zero attached hydrogens (tertiary/aromatic N) is 1. The predicted octanol–water partition coefficient (Wildman–Crippen LogP) is 2.91. The first kappa shape index (κ1) is 14.4. The molecule has 2 heterocycles. The van der Waals surface area contributed by atoms with Crippen molar-refractivity contribution in [2.24, 2.45) is 0 Å². The maximum absolute atomic E-state index is 12.8. The number of hydrogen-bond acceptors (Lipinski definition) is 3. The molecule has 0 spiro atoms. The van der Waals surface area contributed by atoms with Gasteiger partial charge in [-0.3, -0.25) is 9.59 Å². The van der Waals surface area contributed by atoms with Crippen molar-refractivity contribution in [2.45, 2.75) is 19.4 Å². The summed E-state index contributed by atoms with van der Waals surface area (Å²) in [6.07, 6.45) is 0. The largest absolute Gasteiger partial charge is 0.352 e. The molecule has 0 atom stereocenters. The second-order valence-electron chi connectivity index (χ2n) is 5.51. The van der Waals surface area contributed by atoms with Gasteiger partial charge < -0.3 is 10.2 Å². The minimum atomic E-state index is -0.866. The van der Waals surface area contributed by atoms with Crippen molar-refractivity contribution in [1.82, 2.24) is 10.2 Å². The van der Waals surface area contributed by atoms with Gasteiger partial charge in [0.15, 0.2) is 0 Å². The monoisotopic (exact) mass is 322 g/mol. The van der Waals surface area contributed by atoms with Crippen LogP contribution < -0.4 is 5.32 Å². The summed E-state index contributed by atoms with van der Waals surface area (Å²) in [5.74, 6) is -0.319. The lowest BCUT2D eigenvalue weighted by molar-refractivity contribution is -0.133. The first-order valence-electron chi connectivity index (χ1n) is 6.70. The lowest BCUT2D eigenvalue weighted by atomic mass is 9.98. The van der Waals surface area contributed by atoms with E-state index in [1.165, 1.54) is 11.3 Å². The number of fused-ring (bicyclic) bond motifs is 1. The van der Waals surface area contributed by atoms with Gasteiger partial charge in [-0.2, -0.15) is 0 Å². The fourth-order valence-corrected chi connectivity index (χ4v) is 3.99. The van der Waals surface area contributed by atoms with Gasteiger partial charge in [0.2, 0.25) is 5.91 Å². The molecular weight excluding hydrogens is 308 g/mol. The molecule has 0 radical (unpaired) electrons. The Kier molecular flexibility index (Phi) is 3.42. The van der Waals surface area contributed by atoms with Crippen LogP contribution >= 0.6 is 22.9 Å². The SMILES string of the molecule is CC1(C)C(=O)NCCN1C(=O)c1sc2ccccc2c1Cl. The van der Waals surface area contributed by atoms with Crippen LogP contribution in [0.25, 0.3) is 10.1 Å². The molecule has 1 aliphatic rings. The number of halogens is 1. The van der Waals surface area contributed by atoms with Gasteiger partial charge in [0, 0.05) is 23.2 Å². The van der Waals surface area contributed by atoms with Crippen molar-refractivity contribution < 1.29 is 9.59 Å². The molecule has 2 aromatic rings. The van der Waals surface area contributed by atoms with E-state index in [1.807, 2.05) is 24.3 Å². The average Bonchev–Trinajstić information content (AvgIpc) is 2.79. The maximum atomic E-state index is 12.8. The van der Waals surface area contributed by atoms with Crippen molar-refractivity contribution in [1.29, 1.82) is 0 Å². The zero-order valence-corrected chi connectivity index (χ0v) is 13.3. The molecule has 2 amide bonds. The van der Waals surface area contributed by atoms with E-state index in [9.17, 15) is 9.59 Å². The Balaban J connectivity index is 2.04. The van der Waals surface area contributed by atoms with Gasteiger partial charge in [-0.05, 0) is 19.9 Å². The molecule has 1 aromatic carbocycles. The van der Waals surface area contributed by atoms with E-state index in [0.717, 1.165) is 10.1 Å². The van der Waals surface area contributed by atoms with Crippen LogP contribution in [0.15, 0.2) is 24.3 Å². The Labute approximate surface area is 131 Å². The Morgan fingerprint density at radius 3 is 2.81 bits per heavy atom. The highest BCUT2D eigenvalue weighted by Crippen LogP contribution is 2.37. The summed E-state index contributed by atoms with van der Waals surface area (Å²) < 4.78 is 0.977. The van der Waals surface area contributed by atoms with E-state index in [2.05, 4.69) is 5.32 Å². The summed E-state index contributed by atoms with van der Waals surface area (Å²) in [5.41, 5.74) is -0.866. The molecule has 1 saturated heterocycles. The Hall–Kier alpha value is -1.59. The number of nitrogens with one attached hydrogen (secondary N) is 1. The van der Waals surface area contributed by atoms with Crippen LogP contribution in [0.1, 0.15) is 23.5 Å². The minimum absolute atomic E-state index is 0.140. The number of amides is 2. The fraction of sp³-hybridized carbons (Fsp3) is 0.333. The van der Waals surface area contributed by atoms with E-state index in [4.69, 9.17) is 11.6 Å². The topological polar surface area (TPSA) is 49.4 Å². The van der Waals surface area contributed by atoms with E-state index in [1.54, 1.807) is 18.7 Å². The highest BCUT2D eigenvalue weighted by Gasteiger charge is 2.41. The minimum Gasteiger partial charge on any atom is -0.352 e. The number of benzene rings is 1. The molecular formula is C15H15ClN2O2S. The molecule has 4 nitrogen and oxygen atoms in total. The van der Waals surface area contributed by atoms with E-state index < -0.39 is 5.54 Å². The molecule has 1 aliphatic heterocycles. The molecule has 0 bridgehead atoms. The average molecular weight is 323 g/mol. The van der Waals surface area contributed by atoms with Crippen LogP contribution in [0.4, 0.5) is 0 Å². The van der Waals surface area contributed by atoms with Crippen LogP contribution in [0.2, 0.25) is 5.02 Å². The van der Waals surface area contributed by atoms with Gasteiger partial charge in [0.25, 0.3) is 5.91 Å². The molecule has 6 heteroatoms. The van der Waals surface area contributed by atoms with Crippen LogP contribution in [0.5, 0.6) is 0 Å². The van der Waals surface area contributed by atoms with Crippen LogP contribution in [0, 0.1) is 0 Å². The third-order valence-electron chi connectivity index (χ3n) is 3.83. The second kappa shape index (κ2) is 5.00. The Bertz CT molecular complexity index is 738. The van der Waals surface area contributed by atoms with Gasteiger partial charge in [-0.1, -0.05) is 29.8 Å². The van der Waals surface area contributed by atoms with Crippen molar-refractivity contribution >= 4 is 44.8 Å². The number of carbonyl (C=O) groups is 2. The molecule has 0 unspecified atom stereocenters. The lowest BCUT2D eigenvalue weighted by Crippen LogP contribution is -2.63. The summed E-state index contributed by atoms with van der Waals surface area (Å²) >= 11 is 7.74. The maximum Gasteiger partial charge on any atom is 0.266 e.